The van der Waals surface area contributed by atoms with Crippen LogP contribution in [0.25, 0.3) is 0 Å². The van der Waals surface area contributed by atoms with Crippen LogP contribution in [0, 0.1) is 42.2 Å². The fourth-order valence-corrected chi connectivity index (χ4v) is 3.51. The molecule has 0 fully saturated rings. The zero-order valence-corrected chi connectivity index (χ0v) is 18.8. The average molecular weight is 431 g/mol. The fourth-order valence-electron chi connectivity index (χ4n) is 3.10. The van der Waals surface area contributed by atoms with E-state index in [-0.39, 0.29) is 5.56 Å². The van der Waals surface area contributed by atoms with E-state index in [0.29, 0.717) is 17.5 Å². The Morgan fingerprint density at radius 3 is 2.06 bits per heavy atom. The molecule has 0 aromatic heterocycles. The minimum Gasteiger partial charge on any atom is -0.206 e. The van der Waals surface area contributed by atoms with Gasteiger partial charge in [-0.1, -0.05) is 37.0 Å². The highest BCUT2D eigenvalue weighted by Crippen LogP contribution is 2.17. The zero-order valence-electron chi connectivity index (χ0n) is 18.0. The van der Waals surface area contributed by atoms with E-state index in [1.54, 1.807) is 11.8 Å². The summed E-state index contributed by atoms with van der Waals surface area (Å²) in [7, 11) is 0. The molecule has 0 heterocycles. The van der Waals surface area contributed by atoms with E-state index in [2.05, 4.69) is 35.8 Å². The molecule has 156 valence electrons. The van der Waals surface area contributed by atoms with Gasteiger partial charge in [-0.25, -0.2) is 8.78 Å². The molecule has 0 unspecified atom stereocenters. The predicted molar refractivity (Wildman–Crippen MR) is 126 cm³/mol. The maximum atomic E-state index is 14.3. The third-order valence-electron chi connectivity index (χ3n) is 4.91. The lowest BCUT2D eigenvalue weighted by atomic mass is 10.0. The van der Waals surface area contributed by atoms with Gasteiger partial charge in [0.2, 0.25) is 0 Å². The molecule has 0 spiro atoms. The van der Waals surface area contributed by atoms with Crippen LogP contribution in [-0.2, 0) is 6.42 Å². The number of thioether (sulfide) groups is 1. The Bertz CT molecular complexity index is 1160. The van der Waals surface area contributed by atoms with Crippen molar-refractivity contribution in [1.82, 2.24) is 0 Å². The first-order valence-electron chi connectivity index (χ1n) is 10.3. The number of unbranched alkanes of at least 4 members (excludes halogenated alkanes) is 1. The van der Waals surface area contributed by atoms with Gasteiger partial charge in [0.25, 0.3) is 0 Å². The average Bonchev–Trinajstić information content (AvgIpc) is 2.77. The zero-order chi connectivity index (χ0) is 22.2. The quantitative estimate of drug-likeness (QED) is 0.313. The lowest BCUT2D eigenvalue weighted by Crippen LogP contribution is -1.95. The first kappa shape index (κ1) is 22.7. The van der Waals surface area contributed by atoms with E-state index in [1.807, 2.05) is 50.4 Å². The lowest BCUT2D eigenvalue weighted by Gasteiger charge is -2.03. The highest BCUT2D eigenvalue weighted by Gasteiger charge is 2.09. The Hall–Kier alpha value is -3.01. The molecule has 0 amide bonds. The Morgan fingerprint density at radius 1 is 0.806 bits per heavy atom. The summed E-state index contributed by atoms with van der Waals surface area (Å²) in [5, 5.41) is 0. The monoisotopic (exact) mass is 430 g/mol. The van der Waals surface area contributed by atoms with Crippen LogP contribution in [-0.4, -0.2) is 6.26 Å². The van der Waals surface area contributed by atoms with Crippen molar-refractivity contribution in [2.45, 2.75) is 38.0 Å². The molecule has 0 aliphatic heterocycles. The van der Waals surface area contributed by atoms with Gasteiger partial charge in [-0.2, -0.15) is 0 Å². The third kappa shape index (κ3) is 6.24. The van der Waals surface area contributed by atoms with Crippen LogP contribution in [0.2, 0.25) is 0 Å². The van der Waals surface area contributed by atoms with Crippen LogP contribution >= 0.6 is 11.8 Å². The van der Waals surface area contributed by atoms with Crippen LogP contribution in [0.4, 0.5) is 8.78 Å². The number of rotatable bonds is 4. The highest BCUT2D eigenvalue weighted by atomic mass is 32.2. The minimum absolute atomic E-state index is 0.185. The summed E-state index contributed by atoms with van der Waals surface area (Å²) in [5.74, 6) is 10.7. The van der Waals surface area contributed by atoms with Crippen molar-refractivity contribution in [2.24, 2.45) is 0 Å². The molecular weight excluding hydrogens is 406 g/mol. The third-order valence-corrected chi connectivity index (χ3v) is 5.65. The van der Waals surface area contributed by atoms with Crippen LogP contribution in [0.3, 0.4) is 0 Å². The van der Waals surface area contributed by atoms with Crippen LogP contribution in [0.15, 0.2) is 59.5 Å². The van der Waals surface area contributed by atoms with Gasteiger partial charge in [0, 0.05) is 21.6 Å². The Balaban J connectivity index is 1.79. The molecule has 0 saturated heterocycles. The molecule has 0 atom stereocenters. The van der Waals surface area contributed by atoms with Crippen molar-refractivity contribution in [1.29, 1.82) is 0 Å². The largest absolute Gasteiger partial charge is 0.206 e. The summed E-state index contributed by atoms with van der Waals surface area (Å²) in [6.07, 6.45) is 4.59. The van der Waals surface area contributed by atoms with Gasteiger partial charge in [0.05, 0.1) is 5.56 Å². The molecule has 0 radical (unpaired) electrons. The molecule has 31 heavy (non-hydrogen) atoms. The van der Waals surface area contributed by atoms with Crippen LogP contribution < -0.4 is 0 Å². The Labute approximate surface area is 188 Å². The summed E-state index contributed by atoms with van der Waals surface area (Å²) in [6.45, 7) is 4.00. The summed E-state index contributed by atoms with van der Waals surface area (Å²) in [4.78, 5) is 1.20. The second-order valence-corrected chi connectivity index (χ2v) is 8.18. The van der Waals surface area contributed by atoms with E-state index in [4.69, 9.17) is 0 Å². The molecule has 0 aliphatic carbocycles. The standard InChI is InChI=1S/C28H24F2S/c1-4-5-6-23-18-27(29)26(28(30)19-23)16-11-22-8-13-24(20(2)17-22)12-7-21-9-14-25(31-3)15-10-21/h8-10,13-15,17-19H,4-6H2,1-3H3. The molecule has 0 nitrogen and oxygen atoms in total. The van der Waals surface area contributed by atoms with Gasteiger partial charge in [-0.05, 0) is 91.7 Å². The molecular formula is C28H24F2S. The van der Waals surface area contributed by atoms with Gasteiger partial charge in [0.15, 0.2) is 0 Å². The van der Waals surface area contributed by atoms with Crippen molar-refractivity contribution in [3.8, 4) is 23.7 Å². The number of aryl methyl sites for hydroxylation is 2. The molecule has 0 bridgehead atoms. The van der Waals surface area contributed by atoms with Gasteiger partial charge in [-0.3, -0.25) is 0 Å². The van der Waals surface area contributed by atoms with Gasteiger partial charge in [-0.15, -0.1) is 11.8 Å². The molecule has 3 aromatic rings. The van der Waals surface area contributed by atoms with Crippen molar-refractivity contribution >= 4 is 11.8 Å². The summed E-state index contributed by atoms with van der Waals surface area (Å²) in [6, 6.07) is 16.5. The summed E-state index contributed by atoms with van der Waals surface area (Å²) in [5.41, 5.74) is 4.00. The van der Waals surface area contributed by atoms with E-state index < -0.39 is 11.6 Å². The number of halogens is 2. The van der Waals surface area contributed by atoms with Crippen molar-refractivity contribution in [3.05, 3.63) is 99.6 Å². The predicted octanol–water partition coefficient (Wildman–Crippen LogP) is 7.14. The Morgan fingerprint density at radius 2 is 1.45 bits per heavy atom. The maximum absolute atomic E-state index is 14.3. The smallest absolute Gasteiger partial charge is 0.142 e. The van der Waals surface area contributed by atoms with E-state index in [0.717, 1.165) is 29.5 Å². The summed E-state index contributed by atoms with van der Waals surface area (Å²) >= 11 is 1.70. The van der Waals surface area contributed by atoms with Crippen molar-refractivity contribution in [2.75, 3.05) is 6.26 Å². The molecule has 3 heteroatoms. The SMILES string of the molecule is CCCCc1cc(F)c(C#Cc2ccc(C#Cc3ccc(SC)cc3)c(C)c2)c(F)c1. The highest BCUT2D eigenvalue weighted by molar-refractivity contribution is 7.98. The number of benzene rings is 3. The van der Waals surface area contributed by atoms with Gasteiger partial charge < -0.3 is 0 Å². The molecule has 0 aliphatic rings. The fraction of sp³-hybridized carbons (Fsp3) is 0.214. The molecule has 0 N–H and O–H groups in total. The minimum atomic E-state index is -0.606. The van der Waals surface area contributed by atoms with Gasteiger partial charge >= 0.3 is 0 Å². The van der Waals surface area contributed by atoms with E-state index in [9.17, 15) is 8.78 Å². The van der Waals surface area contributed by atoms with Crippen LogP contribution in [0.1, 0.15) is 53.1 Å². The number of hydrogen-bond acceptors (Lipinski definition) is 1. The Kier molecular flexibility index (Phi) is 7.94. The van der Waals surface area contributed by atoms with E-state index >= 15 is 0 Å². The second-order valence-electron chi connectivity index (χ2n) is 7.30. The topological polar surface area (TPSA) is 0 Å². The van der Waals surface area contributed by atoms with Gasteiger partial charge in [0.1, 0.15) is 11.6 Å². The lowest BCUT2D eigenvalue weighted by molar-refractivity contribution is 0.572. The molecule has 3 aromatic carbocycles. The maximum Gasteiger partial charge on any atom is 0.142 e. The van der Waals surface area contributed by atoms with E-state index in [1.165, 1.54) is 17.0 Å². The molecule has 0 saturated carbocycles. The second kappa shape index (κ2) is 10.9. The first-order valence-corrected chi connectivity index (χ1v) is 11.5. The van der Waals surface area contributed by atoms with Crippen LogP contribution in [0.5, 0.6) is 0 Å². The normalized spacial score (nSPS) is 10.1. The number of hydrogen-bond donors (Lipinski definition) is 0. The first-order chi connectivity index (χ1) is 15.0. The van der Waals surface area contributed by atoms with Crippen molar-refractivity contribution < 1.29 is 8.78 Å². The summed E-state index contributed by atoms with van der Waals surface area (Å²) < 4.78 is 28.7. The van der Waals surface area contributed by atoms with Crippen molar-refractivity contribution in [3.63, 3.8) is 0 Å². The molecule has 3 rings (SSSR count).